The Bertz CT molecular complexity index is 1350. The van der Waals surface area contributed by atoms with Crippen LogP contribution in [0, 0.1) is 0 Å². The summed E-state index contributed by atoms with van der Waals surface area (Å²) in [6.07, 6.45) is 5.12. The lowest BCUT2D eigenvalue weighted by Crippen LogP contribution is -2.26. The van der Waals surface area contributed by atoms with Gasteiger partial charge < -0.3 is 10.0 Å². The zero-order valence-electron chi connectivity index (χ0n) is 18.5. The van der Waals surface area contributed by atoms with E-state index < -0.39 is 11.9 Å². The summed E-state index contributed by atoms with van der Waals surface area (Å²) in [6.45, 7) is 0. The normalized spacial score (nSPS) is 22.2. The van der Waals surface area contributed by atoms with Crippen molar-refractivity contribution in [2.75, 3.05) is 9.91 Å². The van der Waals surface area contributed by atoms with Crippen LogP contribution in [0.2, 0.25) is 0 Å². The third kappa shape index (κ3) is 3.22. The molecule has 3 aliphatic rings. The van der Waals surface area contributed by atoms with Gasteiger partial charge in [-0.1, -0.05) is 48.9 Å². The van der Waals surface area contributed by atoms with Crippen LogP contribution in [0.1, 0.15) is 36.3 Å². The van der Waals surface area contributed by atoms with Crippen LogP contribution in [0.25, 0.3) is 6.08 Å². The fourth-order valence-corrected chi connectivity index (χ4v) is 5.50. The van der Waals surface area contributed by atoms with E-state index in [4.69, 9.17) is 0 Å². The van der Waals surface area contributed by atoms with E-state index in [9.17, 15) is 14.7 Å². The van der Waals surface area contributed by atoms with Crippen LogP contribution in [0.4, 0.5) is 17.1 Å². The minimum atomic E-state index is -1.22. The van der Waals surface area contributed by atoms with Crippen LogP contribution in [-0.2, 0) is 9.59 Å². The van der Waals surface area contributed by atoms with Gasteiger partial charge in [0.15, 0.2) is 5.71 Å². The number of carbonyl (C=O) groups is 2. The van der Waals surface area contributed by atoms with Crippen molar-refractivity contribution in [2.45, 2.75) is 31.2 Å². The van der Waals surface area contributed by atoms with Gasteiger partial charge in [-0.2, -0.15) is 10.1 Å². The maximum Gasteiger partial charge on any atom is 0.357 e. The lowest BCUT2D eigenvalue weighted by molar-refractivity contribution is -0.129. The molecular formula is C28H23N3O3. The zero-order chi connectivity index (χ0) is 23.2. The number of hydrazone groups is 1. The first-order chi connectivity index (χ1) is 16.6. The largest absolute Gasteiger partial charge is 0.476 e. The lowest BCUT2D eigenvalue weighted by Gasteiger charge is -2.27. The molecule has 6 heteroatoms. The molecule has 2 unspecified atom stereocenters. The molecule has 0 saturated heterocycles. The number of carbonyl (C=O) groups excluding carboxylic acids is 1. The molecule has 2 atom stereocenters. The van der Waals surface area contributed by atoms with Gasteiger partial charge in [0.2, 0.25) is 0 Å². The van der Waals surface area contributed by atoms with E-state index in [1.165, 1.54) is 23.4 Å². The summed E-state index contributed by atoms with van der Waals surface area (Å²) < 4.78 is 0. The summed E-state index contributed by atoms with van der Waals surface area (Å²) in [5.41, 5.74) is 4.85. The van der Waals surface area contributed by atoms with E-state index in [1.807, 2.05) is 18.2 Å². The second-order valence-corrected chi connectivity index (χ2v) is 8.89. The number of benzene rings is 3. The molecule has 1 aliphatic carbocycles. The molecule has 0 bridgehead atoms. The summed E-state index contributed by atoms with van der Waals surface area (Å²) in [7, 11) is 0. The molecule has 0 spiro atoms. The Morgan fingerprint density at radius 1 is 0.941 bits per heavy atom. The maximum absolute atomic E-state index is 13.2. The van der Waals surface area contributed by atoms with Gasteiger partial charge in [0.05, 0.1) is 11.3 Å². The topological polar surface area (TPSA) is 73.2 Å². The monoisotopic (exact) mass is 449 g/mol. The highest BCUT2D eigenvalue weighted by Crippen LogP contribution is 2.52. The SMILES string of the molecule is O=C(O)C1=NN(c2ccccc2)C(=O)C1=Cc1ccc2c(c1)C1CCCC1N2c1ccccc1. The van der Waals surface area contributed by atoms with E-state index in [0.29, 0.717) is 17.6 Å². The van der Waals surface area contributed by atoms with Gasteiger partial charge in [0, 0.05) is 23.3 Å². The Morgan fingerprint density at radius 2 is 1.65 bits per heavy atom. The summed E-state index contributed by atoms with van der Waals surface area (Å²) in [6, 6.07) is 25.9. The highest BCUT2D eigenvalue weighted by Gasteiger charge is 2.42. The van der Waals surface area contributed by atoms with Gasteiger partial charge in [-0.25, -0.2) is 4.79 Å². The van der Waals surface area contributed by atoms with E-state index >= 15 is 0 Å². The van der Waals surface area contributed by atoms with Crippen LogP contribution in [0.3, 0.4) is 0 Å². The summed E-state index contributed by atoms with van der Waals surface area (Å²) in [5.74, 6) is -1.22. The average molecular weight is 450 g/mol. The van der Waals surface area contributed by atoms with Crippen molar-refractivity contribution in [1.29, 1.82) is 0 Å². The second kappa shape index (κ2) is 7.99. The molecule has 0 aromatic heterocycles. The quantitative estimate of drug-likeness (QED) is 0.546. The van der Waals surface area contributed by atoms with Gasteiger partial charge >= 0.3 is 5.97 Å². The minimum Gasteiger partial charge on any atom is -0.476 e. The molecule has 0 radical (unpaired) electrons. The molecule has 168 valence electrons. The summed E-state index contributed by atoms with van der Waals surface area (Å²) >= 11 is 0. The summed E-state index contributed by atoms with van der Waals surface area (Å²) in [5, 5.41) is 15.0. The van der Waals surface area contributed by atoms with E-state index in [2.05, 4.69) is 46.4 Å². The fourth-order valence-electron chi connectivity index (χ4n) is 5.50. The van der Waals surface area contributed by atoms with Crippen molar-refractivity contribution in [3.05, 3.63) is 95.6 Å². The van der Waals surface area contributed by atoms with Gasteiger partial charge in [0.1, 0.15) is 0 Å². The molecule has 2 heterocycles. The third-order valence-corrected chi connectivity index (χ3v) is 6.95. The van der Waals surface area contributed by atoms with Gasteiger partial charge in [-0.3, -0.25) is 4.79 Å². The second-order valence-electron chi connectivity index (χ2n) is 8.89. The predicted molar refractivity (Wildman–Crippen MR) is 132 cm³/mol. The molecule has 1 amide bonds. The number of rotatable bonds is 4. The standard InChI is InChI=1S/C28H23N3O3/c32-27-23(26(28(33)34)29-31(27)20-10-5-2-6-11-20)17-18-14-15-25-22(16-18)21-12-7-13-24(21)30(25)19-8-3-1-4-9-19/h1-6,8-11,14-17,21,24H,7,12-13H2,(H,33,34). The molecule has 1 N–H and O–H groups in total. The molecule has 3 aromatic carbocycles. The number of hydrogen-bond donors (Lipinski definition) is 1. The molecule has 6 rings (SSSR count). The van der Waals surface area contributed by atoms with Crippen molar-refractivity contribution in [3.63, 3.8) is 0 Å². The maximum atomic E-state index is 13.2. The van der Waals surface area contributed by atoms with E-state index in [1.54, 1.807) is 30.3 Å². The van der Waals surface area contributed by atoms with Crippen LogP contribution < -0.4 is 9.91 Å². The van der Waals surface area contributed by atoms with Crippen molar-refractivity contribution in [2.24, 2.45) is 5.10 Å². The van der Waals surface area contributed by atoms with Gasteiger partial charge in [0.25, 0.3) is 5.91 Å². The molecule has 6 nitrogen and oxygen atoms in total. The third-order valence-electron chi connectivity index (χ3n) is 6.95. The Labute approximate surface area is 197 Å². The number of carboxylic acids is 1. The zero-order valence-corrected chi connectivity index (χ0v) is 18.5. The number of anilines is 3. The first-order valence-corrected chi connectivity index (χ1v) is 11.5. The number of hydrogen-bond acceptors (Lipinski definition) is 4. The van der Waals surface area contributed by atoms with E-state index in [0.717, 1.165) is 23.4 Å². The van der Waals surface area contributed by atoms with Crippen LogP contribution in [0.5, 0.6) is 0 Å². The highest BCUT2D eigenvalue weighted by molar-refractivity contribution is 6.53. The van der Waals surface area contributed by atoms with Gasteiger partial charge in [-0.15, -0.1) is 0 Å². The molecule has 1 saturated carbocycles. The first-order valence-electron chi connectivity index (χ1n) is 11.5. The Hall–Kier alpha value is -4.19. The van der Waals surface area contributed by atoms with Crippen molar-refractivity contribution in [3.8, 4) is 0 Å². The Balaban J connectivity index is 1.40. The van der Waals surface area contributed by atoms with E-state index in [-0.39, 0.29) is 11.3 Å². The molecule has 34 heavy (non-hydrogen) atoms. The first kappa shape index (κ1) is 20.4. The van der Waals surface area contributed by atoms with Crippen molar-refractivity contribution >= 4 is 40.7 Å². The van der Waals surface area contributed by atoms with Crippen molar-refractivity contribution in [1.82, 2.24) is 0 Å². The van der Waals surface area contributed by atoms with Crippen LogP contribution >= 0.6 is 0 Å². The number of para-hydroxylation sites is 2. The van der Waals surface area contributed by atoms with Crippen molar-refractivity contribution < 1.29 is 14.7 Å². The molecule has 3 aromatic rings. The number of nitrogens with zero attached hydrogens (tertiary/aromatic N) is 3. The molecular weight excluding hydrogens is 426 g/mol. The van der Waals surface area contributed by atoms with Crippen LogP contribution in [0.15, 0.2) is 89.5 Å². The minimum absolute atomic E-state index is 0.0946. The molecule has 2 aliphatic heterocycles. The van der Waals surface area contributed by atoms with Crippen LogP contribution in [-0.4, -0.2) is 28.7 Å². The Kier molecular flexibility index (Phi) is 4.80. The highest BCUT2D eigenvalue weighted by atomic mass is 16.4. The van der Waals surface area contributed by atoms with Gasteiger partial charge in [-0.05, 0) is 66.4 Å². The average Bonchev–Trinajstić information content (AvgIpc) is 3.54. The predicted octanol–water partition coefficient (Wildman–Crippen LogP) is 5.35. The smallest absolute Gasteiger partial charge is 0.357 e. The number of carboxylic acid groups (broad SMARTS) is 1. The lowest BCUT2D eigenvalue weighted by atomic mass is 9.95. The Morgan fingerprint density at radius 3 is 2.35 bits per heavy atom. The number of fused-ring (bicyclic) bond motifs is 3. The summed E-state index contributed by atoms with van der Waals surface area (Å²) in [4.78, 5) is 27.5. The number of aliphatic carboxylic acids is 1. The molecule has 1 fully saturated rings. The number of amides is 1. The fraction of sp³-hybridized carbons (Fsp3) is 0.179.